The lowest BCUT2D eigenvalue weighted by Gasteiger charge is -2.15. The lowest BCUT2D eigenvalue weighted by atomic mass is 10.1. The Hall–Kier alpha value is -2.67. The van der Waals surface area contributed by atoms with Crippen molar-refractivity contribution in [3.05, 3.63) is 48.0 Å². The SMILES string of the molecule is CC(=O)Oc1ccccc1CN[C@@H](Cc1cnc[nH]1)C(=O)O. The lowest BCUT2D eigenvalue weighted by Crippen LogP contribution is -2.38. The molecule has 1 aromatic heterocycles. The monoisotopic (exact) mass is 303 g/mol. The van der Waals surface area contributed by atoms with Crippen LogP contribution in [0.3, 0.4) is 0 Å². The van der Waals surface area contributed by atoms with E-state index in [1.807, 2.05) is 0 Å². The highest BCUT2D eigenvalue weighted by atomic mass is 16.5. The normalized spacial score (nSPS) is 11.9. The number of H-pyrrole nitrogens is 1. The molecule has 1 atom stereocenters. The van der Waals surface area contributed by atoms with Gasteiger partial charge in [0.15, 0.2) is 0 Å². The highest BCUT2D eigenvalue weighted by Crippen LogP contribution is 2.18. The molecule has 0 aliphatic rings. The number of nitrogens with zero attached hydrogens (tertiary/aromatic N) is 1. The number of nitrogens with one attached hydrogen (secondary N) is 2. The van der Waals surface area contributed by atoms with E-state index in [0.717, 1.165) is 5.69 Å². The van der Waals surface area contributed by atoms with Crippen LogP contribution in [0.2, 0.25) is 0 Å². The molecule has 2 rings (SSSR count). The molecule has 22 heavy (non-hydrogen) atoms. The Morgan fingerprint density at radius 1 is 1.41 bits per heavy atom. The third kappa shape index (κ3) is 4.42. The highest BCUT2D eigenvalue weighted by Gasteiger charge is 2.18. The fourth-order valence-electron chi connectivity index (χ4n) is 2.00. The molecule has 0 aliphatic carbocycles. The van der Waals surface area contributed by atoms with Gasteiger partial charge in [-0.25, -0.2) is 4.98 Å². The summed E-state index contributed by atoms with van der Waals surface area (Å²) in [4.78, 5) is 29.1. The van der Waals surface area contributed by atoms with Crippen LogP contribution >= 0.6 is 0 Å². The summed E-state index contributed by atoms with van der Waals surface area (Å²) in [5, 5.41) is 12.2. The van der Waals surface area contributed by atoms with Gasteiger partial charge >= 0.3 is 11.9 Å². The Kier molecular flexibility index (Phi) is 5.26. The summed E-state index contributed by atoms with van der Waals surface area (Å²) in [6.07, 6.45) is 3.37. The van der Waals surface area contributed by atoms with Gasteiger partial charge in [0, 0.05) is 37.3 Å². The molecule has 2 aromatic rings. The van der Waals surface area contributed by atoms with Crippen molar-refractivity contribution in [2.45, 2.75) is 25.9 Å². The van der Waals surface area contributed by atoms with E-state index < -0.39 is 18.0 Å². The largest absolute Gasteiger partial charge is 0.480 e. The van der Waals surface area contributed by atoms with Crippen LogP contribution in [0.5, 0.6) is 5.75 Å². The van der Waals surface area contributed by atoms with E-state index >= 15 is 0 Å². The minimum Gasteiger partial charge on any atom is -0.480 e. The van der Waals surface area contributed by atoms with E-state index in [0.29, 0.717) is 11.3 Å². The fraction of sp³-hybridized carbons (Fsp3) is 0.267. The number of carboxylic acid groups (broad SMARTS) is 1. The van der Waals surface area contributed by atoms with Crippen molar-refractivity contribution in [3.8, 4) is 5.75 Å². The van der Waals surface area contributed by atoms with Gasteiger partial charge in [0.05, 0.1) is 6.33 Å². The average molecular weight is 303 g/mol. The quantitative estimate of drug-likeness (QED) is 0.523. The van der Waals surface area contributed by atoms with Gasteiger partial charge < -0.3 is 14.8 Å². The van der Waals surface area contributed by atoms with Gasteiger partial charge in [-0.2, -0.15) is 0 Å². The van der Waals surface area contributed by atoms with Gasteiger partial charge in [0.25, 0.3) is 0 Å². The number of imidazole rings is 1. The molecule has 0 unspecified atom stereocenters. The standard InChI is InChI=1S/C15H17N3O4/c1-10(19)22-14-5-3-2-4-11(14)7-17-13(15(20)21)6-12-8-16-9-18-12/h2-5,8-9,13,17H,6-7H2,1H3,(H,16,18)(H,20,21)/t13-/m0/s1. The van der Waals surface area contributed by atoms with Crippen LogP contribution in [-0.4, -0.2) is 33.1 Å². The first-order chi connectivity index (χ1) is 10.6. The second-order valence-electron chi connectivity index (χ2n) is 4.75. The number of rotatable bonds is 7. The predicted molar refractivity (Wildman–Crippen MR) is 78.3 cm³/mol. The maximum atomic E-state index is 11.3. The van der Waals surface area contributed by atoms with Crippen molar-refractivity contribution in [1.82, 2.24) is 15.3 Å². The second-order valence-corrected chi connectivity index (χ2v) is 4.75. The molecule has 0 saturated heterocycles. The summed E-state index contributed by atoms with van der Waals surface area (Å²) < 4.78 is 5.10. The summed E-state index contributed by atoms with van der Waals surface area (Å²) in [5.41, 5.74) is 1.45. The molecule has 1 heterocycles. The number of hydrogen-bond acceptors (Lipinski definition) is 5. The summed E-state index contributed by atoms with van der Waals surface area (Å²) >= 11 is 0. The predicted octanol–water partition coefficient (Wildman–Crippen LogP) is 1.12. The van der Waals surface area contributed by atoms with Crippen molar-refractivity contribution >= 4 is 11.9 Å². The Morgan fingerprint density at radius 3 is 2.82 bits per heavy atom. The highest BCUT2D eigenvalue weighted by molar-refractivity contribution is 5.74. The van der Waals surface area contributed by atoms with Gasteiger partial charge in [-0.15, -0.1) is 0 Å². The number of carboxylic acids is 1. The number of esters is 1. The number of aromatic amines is 1. The van der Waals surface area contributed by atoms with Crippen LogP contribution in [0.15, 0.2) is 36.8 Å². The first-order valence-electron chi connectivity index (χ1n) is 6.76. The number of aromatic nitrogens is 2. The maximum absolute atomic E-state index is 11.3. The number of aliphatic carboxylic acids is 1. The number of carbonyl (C=O) groups is 2. The molecule has 0 amide bonds. The van der Waals surface area contributed by atoms with Crippen LogP contribution in [0.25, 0.3) is 0 Å². The zero-order chi connectivity index (χ0) is 15.9. The summed E-state index contributed by atoms with van der Waals surface area (Å²) in [7, 11) is 0. The number of benzene rings is 1. The summed E-state index contributed by atoms with van der Waals surface area (Å²) in [6.45, 7) is 1.59. The van der Waals surface area contributed by atoms with E-state index in [9.17, 15) is 14.7 Å². The third-order valence-corrected chi connectivity index (χ3v) is 3.04. The van der Waals surface area contributed by atoms with E-state index in [1.54, 1.807) is 30.5 Å². The van der Waals surface area contributed by atoms with E-state index in [1.165, 1.54) is 13.3 Å². The van der Waals surface area contributed by atoms with Gasteiger partial charge in [0.1, 0.15) is 11.8 Å². The van der Waals surface area contributed by atoms with Crippen molar-refractivity contribution < 1.29 is 19.4 Å². The molecule has 7 heteroatoms. The minimum absolute atomic E-state index is 0.272. The van der Waals surface area contributed by atoms with E-state index in [-0.39, 0.29) is 13.0 Å². The number of carbonyl (C=O) groups excluding carboxylic acids is 1. The molecule has 7 nitrogen and oxygen atoms in total. The van der Waals surface area contributed by atoms with Crippen LogP contribution in [-0.2, 0) is 22.6 Å². The maximum Gasteiger partial charge on any atom is 0.321 e. The van der Waals surface area contributed by atoms with E-state index in [2.05, 4.69) is 15.3 Å². The van der Waals surface area contributed by atoms with Crippen LogP contribution < -0.4 is 10.1 Å². The van der Waals surface area contributed by atoms with Crippen LogP contribution in [0, 0.1) is 0 Å². The minimum atomic E-state index is -0.959. The van der Waals surface area contributed by atoms with Gasteiger partial charge in [-0.3, -0.25) is 14.9 Å². The smallest absolute Gasteiger partial charge is 0.321 e. The van der Waals surface area contributed by atoms with Crippen molar-refractivity contribution in [3.63, 3.8) is 0 Å². The molecule has 1 aromatic carbocycles. The Bertz CT molecular complexity index is 640. The third-order valence-electron chi connectivity index (χ3n) is 3.04. The molecule has 0 aliphatic heterocycles. The molecule has 0 saturated carbocycles. The molecule has 0 spiro atoms. The zero-order valence-electron chi connectivity index (χ0n) is 12.1. The van der Waals surface area contributed by atoms with Crippen LogP contribution in [0.4, 0.5) is 0 Å². The number of ether oxygens (including phenoxy) is 1. The first-order valence-corrected chi connectivity index (χ1v) is 6.76. The van der Waals surface area contributed by atoms with Crippen molar-refractivity contribution in [2.24, 2.45) is 0 Å². The Balaban J connectivity index is 2.03. The molecular formula is C15H17N3O4. The second kappa shape index (κ2) is 7.37. The Morgan fingerprint density at radius 2 is 2.18 bits per heavy atom. The van der Waals surface area contributed by atoms with E-state index in [4.69, 9.17) is 4.74 Å². The van der Waals surface area contributed by atoms with Crippen molar-refractivity contribution in [2.75, 3.05) is 0 Å². The zero-order valence-corrected chi connectivity index (χ0v) is 12.1. The van der Waals surface area contributed by atoms with Gasteiger partial charge in [-0.1, -0.05) is 18.2 Å². The molecule has 0 radical (unpaired) electrons. The average Bonchev–Trinajstić information content (AvgIpc) is 2.97. The molecule has 0 bridgehead atoms. The summed E-state index contributed by atoms with van der Waals surface area (Å²) in [5.74, 6) is -0.951. The molecule has 0 fully saturated rings. The van der Waals surface area contributed by atoms with Gasteiger partial charge in [-0.05, 0) is 6.07 Å². The topological polar surface area (TPSA) is 104 Å². The number of para-hydroxylation sites is 1. The molecule has 3 N–H and O–H groups in total. The lowest BCUT2D eigenvalue weighted by molar-refractivity contribution is -0.139. The van der Waals surface area contributed by atoms with Crippen LogP contribution in [0.1, 0.15) is 18.2 Å². The van der Waals surface area contributed by atoms with Gasteiger partial charge in [0.2, 0.25) is 0 Å². The fourth-order valence-corrected chi connectivity index (χ4v) is 2.00. The molecular weight excluding hydrogens is 286 g/mol. The summed E-state index contributed by atoms with van der Waals surface area (Å²) in [6, 6.07) is 6.23. The molecule has 116 valence electrons. The Labute approximate surface area is 127 Å². The number of hydrogen-bond donors (Lipinski definition) is 3. The van der Waals surface area contributed by atoms with Crippen molar-refractivity contribution in [1.29, 1.82) is 0 Å². The first kappa shape index (κ1) is 15.7.